The molecule has 0 aliphatic carbocycles. The number of hydrogen-bond acceptors (Lipinski definition) is 5. The van der Waals surface area contributed by atoms with Crippen LogP contribution in [0.4, 0.5) is 0 Å². The summed E-state index contributed by atoms with van der Waals surface area (Å²) in [4.78, 5) is 47.3. The van der Waals surface area contributed by atoms with Crippen molar-refractivity contribution in [3.63, 3.8) is 0 Å². The third-order valence-corrected chi connectivity index (χ3v) is 5.24. The van der Waals surface area contributed by atoms with Crippen molar-refractivity contribution in [3.05, 3.63) is 71.3 Å². The topological polar surface area (TPSA) is 101 Å². The molecule has 2 rings (SSSR count). The highest BCUT2D eigenvalue weighted by molar-refractivity contribution is 8.13. The molecule has 0 aromatic heterocycles. The highest BCUT2D eigenvalue weighted by Gasteiger charge is 2.23. The van der Waals surface area contributed by atoms with Crippen molar-refractivity contribution < 1.29 is 24.3 Å². The molecule has 2 N–H and O–H groups in total. The highest BCUT2D eigenvalue weighted by Crippen LogP contribution is 2.24. The number of nitrogens with one attached hydrogen (secondary N) is 1. The first kappa shape index (κ1) is 21.4. The van der Waals surface area contributed by atoms with E-state index >= 15 is 0 Å². The maximum absolute atomic E-state index is 12.6. The second kappa shape index (κ2) is 9.85. The summed E-state index contributed by atoms with van der Waals surface area (Å²) in [7, 11) is 0. The van der Waals surface area contributed by atoms with Crippen LogP contribution in [0.5, 0.6) is 0 Å². The largest absolute Gasteiger partial charge is 0.480 e. The average Bonchev–Trinajstić information content (AvgIpc) is 2.70. The van der Waals surface area contributed by atoms with Gasteiger partial charge in [0, 0.05) is 23.8 Å². The number of ketones is 1. The lowest BCUT2D eigenvalue weighted by atomic mass is 9.96. The Morgan fingerprint density at radius 2 is 1.64 bits per heavy atom. The van der Waals surface area contributed by atoms with E-state index in [1.165, 1.54) is 6.92 Å². The van der Waals surface area contributed by atoms with Crippen LogP contribution < -0.4 is 5.32 Å². The van der Waals surface area contributed by atoms with E-state index in [1.807, 2.05) is 6.07 Å². The summed E-state index contributed by atoms with van der Waals surface area (Å²) >= 11 is 0.849. The Bertz CT molecular complexity index is 881. The summed E-state index contributed by atoms with van der Waals surface area (Å²) in [6.45, 7) is 2.93. The van der Waals surface area contributed by atoms with Crippen LogP contribution in [0, 0.1) is 0 Å². The number of hydrogen-bond donors (Lipinski definition) is 2. The average molecular weight is 399 g/mol. The van der Waals surface area contributed by atoms with Gasteiger partial charge in [-0.3, -0.25) is 14.4 Å². The Labute approximate surface area is 167 Å². The lowest BCUT2D eigenvalue weighted by Crippen LogP contribution is -2.41. The number of carbonyl (C=O) groups is 4. The van der Waals surface area contributed by atoms with Crippen molar-refractivity contribution in [1.29, 1.82) is 0 Å². The predicted molar refractivity (Wildman–Crippen MR) is 107 cm³/mol. The van der Waals surface area contributed by atoms with Crippen LogP contribution in [0.3, 0.4) is 0 Å². The summed E-state index contributed by atoms with van der Waals surface area (Å²) in [6.07, 6.45) is 0. The molecule has 0 aliphatic rings. The SMILES string of the molecule is CC(=O)N[C@H](CSC(=O)[C@H](C)c1cccc(C(=O)c2ccccc2)c1)C(=O)O. The monoisotopic (exact) mass is 399 g/mol. The van der Waals surface area contributed by atoms with Gasteiger partial charge in [-0.05, 0) is 11.6 Å². The van der Waals surface area contributed by atoms with Crippen LogP contribution in [0.15, 0.2) is 54.6 Å². The van der Waals surface area contributed by atoms with E-state index in [1.54, 1.807) is 55.5 Å². The normalized spacial score (nSPS) is 12.6. The van der Waals surface area contributed by atoms with Crippen LogP contribution in [0.1, 0.15) is 41.3 Å². The fraction of sp³-hybridized carbons (Fsp3) is 0.238. The second-order valence-corrected chi connectivity index (χ2v) is 7.29. The molecule has 0 bridgehead atoms. The number of carbonyl (C=O) groups excluding carboxylic acids is 3. The van der Waals surface area contributed by atoms with Gasteiger partial charge in [0.1, 0.15) is 6.04 Å². The summed E-state index contributed by atoms with van der Waals surface area (Å²) in [5.74, 6) is -2.40. The lowest BCUT2D eigenvalue weighted by Gasteiger charge is -2.15. The summed E-state index contributed by atoms with van der Waals surface area (Å²) in [5, 5.41) is 11.2. The predicted octanol–water partition coefficient (Wildman–Crippen LogP) is 2.87. The van der Waals surface area contributed by atoms with E-state index in [9.17, 15) is 19.2 Å². The molecule has 0 unspecified atom stereocenters. The molecule has 28 heavy (non-hydrogen) atoms. The van der Waals surface area contributed by atoms with E-state index in [-0.39, 0.29) is 16.7 Å². The van der Waals surface area contributed by atoms with Crippen molar-refractivity contribution in [3.8, 4) is 0 Å². The minimum Gasteiger partial charge on any atom is -0.480 e. The minimum absolute atomic E-state index is 0.0687. The van der Waals surface area contributed by atoms with Gasteiger partial charge in [0.2, 0.25) is 5.91 Å². The first-order chi connectivity index (χ1) is 13.3. The number of carboxylic acids is 1. The van der Waals surface area contributed by atoms with Crippen molar-refractivity contribution in [2.24, 2.45) is 0 Å². The molecule has 6 nitrogen and oxygen atoms in total. The number of rotatable bonds is 8. The molecule has 0 saturated heterocycles. The van der Waals surface area contributed by atoms with Gasteiger partial charge in [0.25, 0.3) is 0 Å². The standard InChI is InChI=1S/C21H21NO5S/c1-13(21(27)28-12-18(20(25)26)22-14(2)23)16-9-6-10-17(11-16)19(24)15-7-4-3-5-8-15/h3-11,13,18H,12H2,1-2H3,(H,22,23)(H,25,26)/t13-,18-/m1/s1. The molecule has 0 spiro atoms. The van der Waals surface area contributed by atoms with E-state index in [4.69, 9.17) is 5.11 Å². The highest BCUT2D eigenvalue weighted by atomic mass is 32.2. The van der Waals surface area contributed by atoms with Crippen LogP contribution in [-0.4, -0.2) is 39.7 Å². The van der Waals surface area contributed by atoms with E-state index in [2.05, 4.69) is 5.32 Å². The third-order valence-electron chi connectivity index (χ3n) is 4.11. The van der Waals surface area contributed by atoms with Crippen molar-refractivity contribution in [2.75, 3.05) is 5.75 Å². The Morgan fingerprint density at radius 1 is 1.00 bits per heavy atom. The molecular weight excluding hydrogens is 378 g/mol. The van der Waals surface area contributed by atoms with Gasteiger partial charge < -0.3 is 10.4 Å². The van der Waals surface area contributed by atoms with Gasteiger partial charge in [-0.1, -0.05) is 67.2 Å². The Balaban J connectivity index is 2.08. The Kier molecular flexibility index (Phi) is 7.52. The maximum atomic E-state index is 12.6. The van der Waals surface area contributed by atoms with Crippen LogP contribution in [-0.2, 0) is 14.4 Å². The molecule has 0 saturated carbocycles. The van der Waals surface area contributed by atoms with Crippen LogP contribution in [0.2, 0.25) is 0 Å². The molecule has 0 fully saturated rings. The minimum atomic E-state index is -1.20. The summed E-state index contributed by atoms with van der Waals surface area (Å²) < 4.78 is 0. The van der Waals surface area contributed by atoms with E-state index in [0.717, 1.165) is 11.8 Å². The molecule has 2 aromatic carbocycles. The van der Waals surface area contributed by atoms with E-state index < -0.39 is 23.8 Å². The molecule has 7 heteroatoms. The third kappa shape index (κ3) is 5.79. The van der Waals surface area contributed by atoms with Gasteiger partial charge in [-0.2, -0.15) is 0 Å². The number of amides is 1. The van der Waals surface area contributed by atoms with E-state index in [0.29, 0.717) is 16.7 Å². The Morgan fingerprint density at radius 3 is 2.25 bits per heavy atom. The van der Waals surface area contributed by atoms with Crippen molar-refractivity contribution >= 4 is 34.5 Å². The number of carboxylic acid groups (broad SMARTS) is 1. The second-order valence-electron chi connectivity index (χ2n) is 6.26. The number of thioether (sulfide) groups is 1. The summed E-state index contributed by atoms with van der Waals surface area (Å²) in [6, 6.07) is 14.6. The molecule has 1 amide bonds. The molecule has 0 heterocycles. The first-order valence-corrected chi connectivity index (χ1v) is 9.64. The summed E-state index contributed by atoms with van der Waals surface area (Å²) in [5.41, 5.74) is 1.72. The van der Waals surface area contributed by atoms with Crippen LogP contribution in [0.25, 0.3) is 0 Å². The molecule has 2 aromatic rings. The molecular formula is C21H21NO5S. The first-order valence-electron chi connectivity index (χ1n) is 8.66. The van der Waals surface area contributed by atoms with Crippen LogP contribution >= 0.6 is 11.8 Å². The van der Waals surface area contributed by atoms with Gasteiger partial charge in [-0.25, -0.2) is 4.79 Å². The zero-order chi connectivity index (χ0) is 20.7. The fourth-order valence-corrected chi connectivity index (χ4v) is 3.49. The molecule has 0 aliphatic heterocycles. The fourth-order valence-electron chi connectivity index (χ4n) is 2.55. The maximum Gasteiger partial charge on any atom is 0.327 e. The number of benzene rings is 2. The molecule has 146 valence electrons. The van der Waals surface area contributed by atoms with Gasteiger partial charge in [0.05, 0.1) is 5.92 Å². The smallest absolute Gasteiger partial charge is 0.327 e. The number of aliphatic carboxylic acids is 1. The van der Waals surface area contributed by atoms with Gasteiger partial charge in [-0.15, -0.1) is 0 Å². The van der Waals surface area contributed by atoms with Crippen molar-refractivity contribution in [2.45, 2.75) is 25.8 Å². The molecule has 0 radical (unpaired) electrons. The quantitative estimate of drug-likeness (QED) is 0.662. The lowest BCUT2D eigenvalue weighted by molar-refractivity contribution is -0.140. The zero-order valence-corrected chi connectivity index (χ0v) is 16.4. The van der Waals surface area contributed by atoms with Gasteiger partial charge >= 0.3 is 5.97 Å². The molecule has 2 atom stereocenters. The van der Waals surface area contributed by atoms with Crippen molar-refractivity contribution in [1.82, 2.24) is 5.32 Å². The zero-order valence-electron chi connectivity index (χ0n) is 15.5. The van der Waals surface area contributed by atoms with Gasteiger partial charge in [0.15, 0.2) is 10.9 Å². The Hall–Kier alpha value is -2.93.